The minimum absolute atomic E-state index is 0.315. The van der Waals surface area contributed by atoms with Gasteiger partial charge in [-0.2, -0.15) is 10.2 Å². The number of H-pyrrole nitrogens is 1. The van der Waals surface area contributed by atoms with Gasteiger partial charge in [-0.3, -0.25) is 9.89 Å². The number of rotatable bonds is 6. The predicted molar refractivity (Wildman–Crippen MR) is 98.6 cm³/mol. The number of nitrogens with one attached hydrogen (secondary N) is 2. The molecule has 7 nitrogen and oxygen atoms in total. The number of hydrazone groups is 1. The average molecular weight is 350 g/mol. The lowest BCUT2D eigenvalue weighted by Crippen LogP contribution is -2.17. The Balaban J connectivity index is 1.64. The zero-order valence-corrected chi connectivity index (χ0v) is 14.4. The summed E-state index contributed by atoms with van der Waals surface area (Å²) in [6.45, 7) is 0. The van der Waals surface area contributed by atoms with Crippen LogP contribution >= 0.6 is 0 Å². The molecule has 0 bridgehead atoms. The van der Waals surface area contributed by atoms with E-state index in [0.717, 1.165) is 22.6 Å². The van der Waals surface area contributed by atoms with E-state index in [9.17, 15) is 4.79 Å². The average Bonchev–Trinajstić information content (AvgIpc) is 3.19. The van der Waals surface area contributed by atoms with Crippen LogP contribution in [0.4, 0.5) is 0 Å². The summed E-state index contributed by atoms with van der Waals surface area (Å²) in [6.07, 6.45) is 1.55. The van der Waals surface area contributed by atoms with Gasteiger partial charge >= 0.3 is 0 Å². The van der Waals surface area contributed by atoms with Gasteiger partial charge in [-0.25, -0.2) is 5.43 Å². The Bertz CT molecular complexity index is 917. The molecule has 0 aliphatic rings. The van der Waals surface area contributed by atoms with E-state index in [4.69, 9.17) is 9.47 Å². The first-order valence-corrected chi connectivity index (χ1v) is 7.87. The molecule has 0 saturated carbocycles. The maximum absolute atomic E-state index is 12.2. The summed E-state index contributed by atoms with van der Waals surface area (Å²) < 4.78 is 10.3. The van der Waals surface area contributed by atoms with Gasteiger partial charge in [0, 0.05) is 5.56 Å². The number of benzene rings is 2. The highest BCUT2D eigenvalue weighted by Gasteiger charge is 2.10. The van der Waals surface area contributed by atoms with Gasteiger partial charge in [0.2, 0.25) is 0 Å². The summed E-state index contributed by atoms with van der Waals surface area (Å²) >= 11 is 0. The Kier molecular flexibility index (Phi) is 5.28. The molecule has 26 heavy (non-hydrogen) atoms. The number of ether oxygens (including phenoxy) is 2. The summed E-state index contributed by atoms with van der Waals surface area (Å²) in [5, 5.41) is 10.8. The number of nitrogens with zero attached hydrogens (tertiary/aromatic N) is 2. The topological polar surface area (TPSA) is 88.6 Å². The predicted octanol–water partition coefficient (Wildman–Crippen LogP) is 2.86. The molecule has 1 amide bonds. The number of aromatic nitrogens is 2. The lowest BCUT2D eigenvalue weighted by atomic mass is 10.1. The zero-order chi connectivity index (χ0) is 18.4. The maximum Gasteiger partial charge on any atom is 0.289 e. The monoisotopic (exact) mass is 350 g/mol. The van der Waals surface area contributed by atoms with Crippen LogP contribution in [0.25, 0.3) is 11.3 Å². The van der Waals surface area contributed by atoms with Crippen LogP contribution in [-0.2, 0) is 0 Å². The lowest BCUT2D eigenvalue weighted by Gasteiger charge is -2.01. The van der Waals surface area contributed by atoms with Crippen molar-refractivity contribution in [3.63, 3.8) is 0 Å². The van der Waals surface area contributed by atoms with Gasteiger partial charge in [0.1, 0.15) is 17.2 Å². The highest BCUT2D eigenvalue weighted by Crippen LogP contribution is 2.22. The molecule has 0 spiro atoms. The molecular formula is C19H18N4O3. The van der Waals surface area contributed by atoms with Gasteiger partial charge in [-0.1, -0.05) is 12.1 Å². The summed E-state index contributed by atoms with van der Waals surface area (Å²) in [5.74, 6) is 1.10. The van der Waals surface area contributed by atoms with Crippen molar-refractivity contribution in [2.24, 2.45) is 5.10 Å². The molecule has 2 aromatic carbocycles. The van der Waals surface area contributed by atoms with Gasteiger partial charge in [0.25, 0.3) is 5.91 Å². The fraction of sp³-hybridized carbons (Fsp3) is 0.105. The van der Waals surface area contributed by atoms with Crippen molar-refractivity contribution in [1.29, 1.82) is 0 Å². The fourth-order valence-corrected chi connectivity index (χ4v) is 2.28. The van der Waals surface area contributed by atoms with Crippen LogP contribution in [0.5, 0.6) is 11.5 Å². The quantitative estimate of drug-likeness (QED) is 0.528. The minimum atomic E-state index is -0.378. The van der Waals surface area contributed by atoms with Crippen LogP contribution < -0.4 is 14.9 Å². The van der Waals surface area contributed by atoms with E-state index < -0.39 is 0 Å². The van der Waals surface area contributed by atoms with E-state index in [-0.39, 0.29) is 5.91 Å². The van der Waals surface area contributed by atoms with Crippen LogP contribution in [0, 0.1) is 0 Å². The second-order valence-corrected chi connectivity index (χ2v) is 5.37. The molecule has 0 atom stereocenters. The standard InChI is InChI=1S/C19H18N4O3/c1-25-15-8-6-13(7-9-15)12-20-23-19(24)18-11-17(21-22-18)14-4-3-5-16(10-14)26-2/h3-12H,1-2H3,(H,21,22)(H,23,24)/b20-12+. The molecule has 3 aromatic rings. The summed E-state index contributed by atoms with van der Waals surface area (Å²) in [4.78, 5) is 12.2. The smallest absolute Gasteiger partial charge is 0.289 e. The largest absolute Gasteiger partial charge is 0.497 e. The highest BCUT2D eigenvalue weighted by atomic mass is 16.5. The number of aromatic amines is 1. The number of methoxy groups -OCH3 is 2. The van der Waals surface area contributed by atoms with E-state index in [1.54, 1.807) is 26.5 Å². The Morgan fingerprint density at radius 2 is 1.85 bits per heavy atom. The maximum atomic E-state index is 12.2. The number of carbonyl (C=O) groups excluding carboxylic acids is 1. The third-order valence-electron chi connectivity index (χ3n) is 3.68. The molecule has 0 aliphatic carbocycles. The summed E-state index contributed by atoms with van der Waals surface area (Å²) in [6, 6.07) is 16.4. The Labute approximate surface area is 150 Å². The van der Waals surface area contributed by atoms with Gasteiger partial charge in [-0.15, -0.1) is 0 Å². The SMILES string of the molecule is COc1ccc(/C=N/NC(=O)c2cc(-c3cccc(OC)c3)n[nH]2)cc1. The van der Waals surface area contributed by atoms with Crippen molar-refractivity contribution in [1.82, 2.24) is 15.6 Å². The Morgan fingerprint density at radius 3 is 2.58 bits per heavy atom. The normalized spacial score (nSPS) is 10.7. The van der Waals surface area contributed by atoms with Gasteiger partial charge in [0.15, 0.2) is 0 Å². The first-order chi connectivity index (χ1) is 12.7. The lowest BCUT2D eigenvalue weighted by molar-refractivity contribution is 0.0950. The molecule has 0 saturated heterocycles. The highest BCUT2D eigenvalue weighted by molar-refractivity contribution is 5.94. The van der Waals surface area contributed by atoms with Crippen molar-refractivity contribution in [3.8, 4) is 22.8 Å². The third kappa shape index (κ3) is 4.07. The first-order valence-electron chi connectivity index (χ1n) is 7.87. The molecule has 1 aromatic heterocycles. The van der Waals surface area contributed by atoms with Crippen molar-refractivity contribution in [2.45, 2.75) is 0 Å². The third-order valence-corrected chi connectivity index (χ3v) is 3.68. The van der Waals surface area contributed by atoms with Crippen molar-refractivity contribution in [2.75, 3.05) is 14.2 Å². The van der Waals surface area contributed by atoms with Crippen LogP contribution in [0.3, 0.4) is 0 Å². The van der Waals surface area contributed by atoms with Crippen LogP contribution in [0.2, 0.25) is 0 Å². The van der Waals surface area contributed by atoms with Crippen LogP contribution in [0.15, 0.2) is 59.7 Å². The number of amides is 1. The van der Waals surface area contributed by atoms with E-state index in [1.807, 2.05) is 48.5 Å². The second kappa shape index (κ2) is 7.98. The van der Waals surface area contributed by atoms with Crippen molar-refractivity contribution in [3.05, 3.63) is 65.9 Å². The Morgan fingerprint density at radius 1 is 1.08 bits per heavy atom. The Hall–Kier alpha value is -3.61. The second-order valence-electron chi connectivity index (χ2n) is 5.37. The van der Waals surface area contributed by atoms with Crippen molar-refractivity contribution < 1.29 is 14.3 Å². The molecular weight excluding hydrogens is 332 g/mol. The summed E-state index contributed by atoms with van der Waals surface area (Å²) in [5.41, 5.74) is 5.12. The van der Waals surface area contributed by atoms with Crippen LogP contribution in [-0.4, -0.2) is 36.5 Å². The van der Waals surface area contributed by atoms with E-state index in [1.165, 1.54) is 0 Å². The fourth-order valence-electron chi connectivity index (χ4n) is 2.28. The van der Waals surface area contributed by atoms with Crippen molar-refractivity contribution >= 4 is 12.1 Å². The van der Waals surface area contributed by atoms with Gasteiger partial charge < -0.3 is 9.47 Å². The zero-order valence-electron chi connectivity index (χ0n) is 14.4. The molecule has 0 aliphatic heterocycles. The number of carbonyl (C=O) groups is 1. The number of hydrogen-bond donors (Lipinski definition) is 2. The van der Waals surface area contributed by atoms with E-state index in [0.29, 0.717) is 11.4 Å². The first kappa shape index (κ1) is 17.2. The molecule has 132 valence electrons. The van der Waals surface area contributed by atoms with Gasteiger partial charge in [-0.05, 0) is 48.0 Å². The molecule has 0 radical (unpaired) electrons. The molecule has 7 heteroatoms. The number of hydrogen-bond acceptors (Lipinski definition) is 5. The molecule has 3 rings (SSSR count). The summed E-state index contributed by atoms with van der Waals surface area (Å²) in [7, 11) is 3.21. The molecule has 0 unspecified atom stereocenters. The molecule has 0 fully saturated rings. The van der Waals surface area contributed by atoms with E-state index >= 15 is 0 Å². The molecule has 2 N–H and O–H groups in total. The van der Waals surface area contributed by atoms with E-state index in [2.05, 4.69) is 20.7 Å². The van der Waals surface area contributed by atoms with Crippen LogP contribution in [0.1, 0.15) is 16.1 Å². The molecule has 1 heterocycles. The van der Waals surface area contributed by atoms with Gasteiger partial charge in [0.05, 0.1) is 26.1 Å². The minimum Gasteiger partial charge on any atom is -0.497 e.